The van der Waals surface area contributed by atoms with E-state index in [-0.39, 0.29) is 24.2 Å². The summed E-state index contributed by atoms with van der Waals surface area (Å²) >= 11 is 1.42. The van der Waals surface area contributed by atoms with Gasteiger partial charge in [0.2, 0.25) is 0 Å². The summed E-state index contributed by atoms with van der Waals surface area (Å²) in [5.41, 5.74) is 4.84. The largest absolute Gasteiger partial charge is 0.389 e. The van der Waals surface area contributed by atoms with Gasteiger partial charge in [0.1, 0.15) is 10.9 Å². The molecule has 5 rings (SSSR count). The van der Waals surface area contributed by atoms with Crippen LogP contribution < -0.4 is 5.32 Å². The summed E-state index contributed by atoms with van der Waals surface area (Å²) in [5, 5.41) is 21.3. The predicted octanol–water partition coefficient (Wildman–Crippen LogP) is 6.62. The van der Waals surface area contributed by atoms with Crippen molar-refractivity contribution in [2.24, 2.45) is 16.0 Å². The lowest BCUT2D eigenvalue weighted by Crippen LogP contribution is -2.31. The molecule has 0 bridgehead atoms. The number of hydrogen-bond acceptors (Lipinski definition) is 6. The number of benzene rings is 2. The summed E-state index contributed by atoms with van der Waals surface area (Å²) in [7, 11) is 0. The van der Waals surface area contributed by atoms with Gasteiger partial charge in [-0.25, -0.2) is 9.40 Å². The number of carbonyl (C=O) groups excluding carboxylic acids is 1. The van der Waals surface area contributed by atoms with E-state index in [0.29, 0.717) is 23.6 Å². The fraction of sp³-hybridized carbons (Fsp3) is 0.406. The normalized spacial score (nSPS) is 20.4. The molecule has 0 aromatic heterocycles. The van der Waals surface area contributed by atoms with Gasteiger partial charge in [-0.05, 0) is 88.3 Å². The molecule has 2 heterocycles. The maximum Gasteiger partial charge on any atom is 0.251 e. The van der Waals surface area contributed by atoms with Crippen molar-refractivity contribution in [2.75, 3.05) is 6.54 Å². The van der Waals surface area contributed by atoms with E-state index in [2.05, 4.69) is 24.4 Å². The molecule has 0 saturated heterocycles. The first-order valence-corrected chi connectivity index (χ1v) is 14.7. The van der Waals surface area contributed by atoms with Crippen LogP contribution in [0.5, 0.6) is 0 Å². The Kier molecular flexibility index (Phi) is 8.02. The van der Waals surface area contributed by atoms with Crippen molar-refractivity contribution in [2.45, 2.75) is 76.8 Å². The van der Waals surface area contributed by atoms with Crippen LogP contribution in [0.1, 0.15) is 73.5 Å². The second kappa shape index (κ2) is 11.3. The molecule has 1 unspecified atom stereocenters. The van der Waals surface area contributed by atoms with Gasteiger partial charge in [0, 0.05) is 28.5 Å². The number of nitrogens with one attached hydrogen (secondary N) is 1. The maximum absolute atomic E-state index is 14.3. The number of aliphatic hydroxyl groups is 1. The number of allylic oxidation sites excluding steroid dienone is 3. The van der Waals surface area contributed by atoms with Gasteiger partial charge in [0.15, 0.2) is 0 Å². The average molecular weight is 561 g/mol. The van der Waals surface area contributed by atoms with Gasteiger partial charge >= 0.3 is 0 Å². The summed E-state index contributed by atoms with van der Waals surface area (Å²) in [6.45, 7) is 9.62. The number of fused-ring (bicyclic) bond motifs is 1. The van der Waals surface area contributed by atoms with Crippen LogP contribution in [0.15, 0.2) is 69.2 Å². The molecule has 2 N–H and O–H groups in total. The number of nitrogens with zero attached hydrogens (tertiary/aromatic N) is 3. The van der Waals surface area contributed by atoms with Crippen LogP contribution in [0.4, 0.5) is 4.39 Å². The zero-order valence-corrected chi connectivity index (χ0v) is 24.6. The zero-order chi connectivity index (χ0) is 28.6. The first kappa shape index (κ1) is 28.3. The van der Waals surface area contributed by atoms with Gasteiger partial charge in [-0.3, -0.25) is 9.79 Å². The molecule has 210 valence electrons. The monoisotopic (exact) mass is 560 g/mol. The van der Waals surface area contributed by atoms with E-state index in [1.54, 1.807) is 26.8 Å². The molecule has 2 aromatic rings. The number of halogens is 1. The molecular weight excluding hydrogens is 523 g/mol. The Labute approximate surface area is 240 Å². The summed E-state index contributed by atoms with van der Waals surface area (Å²) in [4.78, 5) is 18.4. The van der Waals surface area contributed by atoms with Crippen molar-refractivity contribution < 1.29 is 14.3 Å². The molecule has 2 aliphatic heterocycles. The molecule has 1 aliphatic carbocycles. The van der Waals surface area contributed by atoms with Crippen LogP contribution >= 0.6 is 11.8 Å². The number of rotatable bonds is 6. The number of aryl methyl sites for hydroxylation is 2. The van der Waals surface area contributed by atoms with Gasteiger partial charge < -0.3 is 10.4 Å². The second-order valence-electron chi connectivity index (χ2n) is 11.7. The van der Waals surface area contributed by atoms with E-state index >= 15 is 0 Å². The van der Waals surface area contributed by atoms with E-state index in [0.717, 1.165) is 57.4 Å². The Morgan fingerprint density at radius 1 is 1.18 bits per heavy atom. The second-order valence-corrected chi connectivity index (χ2v) is 12.8. The fourth-order valence-corrected chi connectivity index (χ4v) is 5.59. The lowest BCUT2D eigenvalue weighted by molar-refractivity contribution is 0.0903. The smallest absolute Gasteiger partial charge is 0.251 e. The van der Waals surface area contributed by atoms with E-state index in [1.807, 2.05) is 36.2 Å². The summed E-state index contributed by atoms with van der Waals surface area (Å²) in [5.74, 6) is -0.0286. The summed E-state index contributed by atoms with van der Waals surface area (Å²) in [6, 6.07) is 11.4. The number of carbonyl (C=O) groups is 1. The molecule has 1 amide bonds. The van der Waals surface area contributed by atoms with Crippen LogP contribution in [-0.4, -0.2) is 45.0 Å². The molecule has 6 nitrogen and oxygen atoms in total. The van der Waals surface area contributed by atoms with E-state index in [1.165, 1.54) is 17.8 Å². The minimum Gasteiger partial charge on any atom is -0.389 e. The molecule has 2 aromatic carbocycles. The lowest BCUT2D eigenvalue weighted by atomic mass is 10.00. The van der Waals surface area contributed by atoms with Gasteiger partial charge in [-0.1, -0.05) is 43.0 Å². The van der Waals surface area contributed by atoms with Crippen molar-refractivity contribution in [1.29, 1.82) is 0 Å². The Morgan fingerprint density at radius 3 is 2.62 bits per heavy atom. The maximum atomic E-state index is 14.3. The number of hydrogen-bond donors (Lipinski definition) is 2. The standard InChI is InChI=1S/C32H37FN4O2S/c1-19-6-13-28-27(34-18-32(4,5)39)17-30(40-24-11-7-20(2)26(33)16-24)36-37(28)29(14-19)22-8-12-25(21(3)15-22)31(38)35-23-9-10-23/h7-8,11-16,19,23,39H,6,9-10,17-18H2,1-5H3,(H,35,38). The van der Waals surface area contributed by atoms with Crippen LogP contribution in [-0.2, 0) is 0 Å². The number of amides is 1. The lowest BCUT2D eigenvalue weighted by Gasteiger charge is -2.31. The topological polar surface area (TPSA) is 77.3 Å². The highest BCUT2D eigenvalue weighted by Crippen LogP contribution is 2.37. The Hall–Kier alpha value is -3.23. The quantitative estimate of drug-likeness (QED) is 0.416. The van der Waals surface area contributed by atoms with E-state index in [9.17, 15) is 14.3 Å². The summed E-state index contributed by atoms with van der Waals surface area (Å²) in [6.07, 6.45) is 7.76. The third kappa shape index (κ3) is 6.73. The number of aliphatic imine (C=N–C) groups is 1. The third-order valence-corrected chi connectivity index (χ3v) is 8.07. The molecule has 1 atom stereocenters. The zero-order valence-electron chi connectivity index (χ0n) is 23.8. The first-order chi connectivity index (χ1) is 19.0. The molecule has 0 spiro atoms. The van der Waals surface area contributed by atoms with Crippen molar-refractivity contribution >= 4 is 34.1 Å². The fourth-order valence-electron chi connectivity index (χ4n) is 4.69. The van der Waals surface area contributed by atoms with Crippen LogP contribution in [0.25, 0.3) is 5.70 Å². The third-order valence-electron chi connectivity index (χ3n) is 7.12. The molecule has 1 fully saturated rings. The van der Waals surface area contributed by atoms with Crippen LogP contribution in [0, 0.1) is 25.6 Å². The number of thioether (sulfide) groups is 1. The molecule has 0 radical (unpaired) electrons. The molecular formula is C32H37FN4O2S. The molecule has 40 heavy (non-hydrogen) atoms. The van der Waals surface area contributed by atoms with Crippen molar-refractivity contribution in [3.05, 3.63) is 82.3 Å². The molecule has 8 heteroatoms. The van der Waals surface area contributed by atoms with E-state index < -0.39 is 5.60 Å². The highest BCUT2D eigenvalue weighted by Gasteiger charge is 2.31. The Balaban J connectivity index is 1.54. The van der Waals surface area contributed by atoms with Crippen molar-refractivity contribution in [3.8, 4) is 0 Å². The molecule has 1 saturated carbocycles. The molecule has 3 aliphatic rings. The number of hydrazone groups is 1. The predicted molar refractivity (Wildman–Crippen MR) is 161 cm³/mol. The first-order valence-electron chi connectivity index (χ1n) is 13.9. The van der Waals surface area contributed by atoms with Gasteiger partial charge in [-0.15, -0.1) is 0 Å². The van der Waals surface area contributed by atoms with Gasteiger partial charge in [-0.2, -0.15) is 5.10 Å². The van der Waals surface area contributed by atoms with Gasteiger partial charge in [0.05, 0.1) is 29.3 Å². The Morgan fingerprint density at radius 2 is 1.95 bits per heavy atom. The Bertz CT molecular complexity index is 1450. The van der Waals surface area contributed by atoms with E-state index in [4.69, 9.17) is 10.1 Å². The summed E-state index contributed by atoms with van der Waals surface area (Å²) < 4.78 is 14.3. The SMILES string of the molecule is Cc1ccc(SC2=NN3C(=CCC(C)C=C3c3ccc(C(=O)NC4CC4)c(C)c3)C(=NCC(C)(C)O)C2)cc1F. The van der Waals surface area contributed by atoms with Crippen molar-refractivity contribution in [3.63, 3.8) is 0 Å². The highest BCUT2D eigenvalue weighted by atomic mass is 32.2. The van der Waals surface area contributed by atoms with Crippen LogP contribution in [0.3, 0.4) is 0 Å². The highest BCUT2D eigenvalue weighted by molar-refractivity contribution is 8.14. The average Bonchev–Trinajstić information content (AvgIpc) is 3.72. The van der Waals surface area contributed by atoms with Gasteiger partial charge in [0.25, 0.3) is 5.91 Å². The minimum atomic E-state index is -0.953. The van der Waals surface area contributed by atoms with Crippen molar-refractivity contribution in [1.82, 2.24) is 10.3 Å². The minimum absolute atomic E-state index is 0.0311. The van der Waals surface area contributed by atoms with Crippen LogP contribution in [0.2, 0.25) is 0 Å².